The van der Waals surface area contributed by atoms with E-state index < -0.39 is 0 Å². The number of ether oxygens (including phenoxy) is 1. The molecule has 3 aliphatic heterocycles. The van der Waals surface area contributed by atoms with Gasteiger partial charge in [0.25, 0.3) is 0 Å². The van der Waals surface area contributed by atoms with Crippen molar-refractivity contribution in [2.24, 2.45) is 5.92 Å². The lowest BCUT2D eigenvalue weighted by atomic mass is 9.83. The van der Waals surface area contributed by atoms with Crippen LogP contribution in [0, 0.1) is 5.92 Å². The minimum atomic E-state index is -0.282. The Labute approximate surface area is 128 Å². The summed E-state index contributed by atoms with van der Waals surface area (Å²) < 4.78 is 6.60. The fraction of sp³-hybridized carbons (Fsp3) is 0.500. The summed E-state index contributed by atoms with van der Waals surface area (Å²) in [5, 5.41) is 10.4. The average molecular weight is 339 g/mol. The van der Waals surface area contributed by atoms with Crippen molar-refractivity contribution in [3.05, 3.63) is 33.9 Å². The lowest BCUT2D eigenvalue weighted by Gasteiger charge is -2.41. The predicted octanol–water partition coefficient (Wildman–Crippen LogP) is 1.86. The van der Waals surface area contributed by atoms with E-state index in [2.05, 4.69) is 22.0 Å². The van der Waals surface area contributed by atoms with Crippen LogP contribution in [0.5, 0.6) is 5.75 Å². The van der Waals surface area contributed by atoms with Gasteiger partial charge in [0.05, 0.1) is 19.7 Å². The predicted molar refractivity (Wildman–Crippen MR) is 82.7 cm³/mol. The Hall–Kier alpha value is -0.840. The lowest BCUT2D eigenvalue weighted by molar-refractivity contribution is -0.880. The molecule has 3 heterocycles. The fourth-order valence-corrected chi connectivity index (χ4v) is 3.66. The largest absolute Gasteiger partial charge is 0.494 e. The van der Waals surface area contributed by atoms with Crippen LogP contribution in [0.4, 0.5) is 0 Å². The summed E-state index contributed by atoms with van der Waals surface area (Å²) in [6.45, 7) is 4.95. The number of aliphatic hydroxyl groups is 1. The molecule has 0 unspecified atom stereocenters. The second-order valence-electron chi connectivity index (χ2n) is 5.60. The van der Waals surface area contributed by atoms with Gasteiger partial charge in [0, 0.05) is 29.3 Å². The summed E-state index contributed by atoms with van der Waals surface area (Å²) in [6.07, 6.45) is 4.15. The Balaban J connectivity index is 1.93. The molecular formula is C16H21BrNO2+. The van der Waals surface area contributed by atoms with E-state index in [9.17, 15) is 5.11 Å². The number of rotatable bonds is 3. The molecular weight excluding hydrogens is 318 g/mol. The third-order valence-corrected chi connectivity index (χ3v) is 5.12. The maximum Gasteiger partial charge on any atom is 0.137 e. The molecule has 0 radical (unpaired) electrons. The second-order valence-corrected chi connectivity index (χ2v) is 6.46. The average Bonchev–Trinajstić information content (AvgIpc) is 2.47. The first-order valence-corrected chi connectivity index (χ1v) is 8.15. The van der Waals surface area contributed by atoms with Crippen molar-refractivity contribution < 1.29 is 14.7 Å². The molecule has 108 valence electrons. The van der Waals surface area contributed by atoms with Gasteiger partial charge < -0.3 is 14.7 Å². The third-order valence-electron chi connectivity index (χ3n) is 4.40. The highest BCUT2D eigenvalue weighted by Gasteiger charge is 2.41. The van der Waals surface area contributed by atoms with Crippen LogP contribution < -0.4 is 9.64 Å². The lowest BCUT2D eigenvalue weighted by Crippen LogP contribution is -3.14. The standard InChI is InChI=1S/C16H20BrNO2/c1-2-20-13-3-4-14(17)12(9-13)10-15-16(19)11-5-7-18(15)8-6-11/h3-4,9-11,16,19H,2,5-8H2,1H3/p+1/b15-10-/t16-/m1/s1. The van der Waals surface area contributed by atoms with E-state index in [-0.39, 0.29) is 6.10 Å². The quantitative estimate of drug-likeness (QED) is 0.882. The molecule has 3 saturated heterocycles. The van der Waals surface area contributed by atoms with E-state index in [0.29, 0.717) is 12.5 Å². The molecule has 1 aromatic rings. The minimum Gasteiger partial charge on any atom is -0.494 e. The number of halogens is 1. The first-order valence-electron chi connectivity index (χ1n) is 7.36. The normalized spacial score (nSPS) is 30.8. The molecule has 0 aromatic heterocycles. The summed E-state index contributed by atoms with van der Waals surface area (Å²) in [7, 11) is 0. The Bertz CT molecular complexity index is 517. The van der Waals surface area contributed by atoms with Gasteiger partial charge in [-0.15, -0.1) is 0 Å². The zero-order valence-corrected chi connectivity index (χ0v) is 13.3. The molecule has 0 aliphatic carbocycles. The van der Waals surface area contributed by atoms with Crippen LogP contribution in [-0.2, 0) is 0 Å². The van der Waals surface area contributed by atoms with Crippen LogP contribution in [0.1, 0.15) is 25.3 Å². The molecule has 4 rings (SSSR count). The second kappa shape index (κ2) is 5.88. The molecule has 2 N–H and O–H groups in total. The molecule has 3 aliphatic rings. The number of benzene rings is 1. The molecule has 3 fully saturated rings. The van der Waals surface area contributed by atoms with Gasteiger partial charge >= 0.3 is 0 Å². The smallest absolute Gasteiger partial charge is 0.137 e. The van der Waals surface area contributed by atoms with Crippen molar-refractivity contribution in [1.29, 1.82) is 0 Å². The van der Waals surface area contributed by atoms with E-state index >= 15 is 0 Å². The van der Waals surface area contributed by atoms with Crippen molar-refractivity contribution in [3.8, 4) is 5.75 Å². The first-order chi connectivity index (χ1) is 9.69. The zero-order valence-electron chi connectivity index (χ0n) is 11.7. The summed E-state index contributed by atoms with van der Waals surface area (Å²) in [4.78, 5) is 1.44. The van der Waals surface area contributed by atoms with Crippen molar-refractivity contribution in [1.82, 2.24) is 0 Å². The number of aliphatic hydroxyl groups excluding tert-OH is 1. The van der Waals surface area contributed by atoms with Crippen molar-refractivity contribution in [3.63, 3.8) is 0 Å². The Morgan fingerprint density at radius 2 is 2.15 bits per heavy atom. The topological polar surface area (TPSA) is 33.9 Å². The number of piperidine rings is 3. The molecule has 4 heteroatoms. The minimum absolute atomic E-state index is 0.282. The van der Waals surface area contributed by atoms with E-state index in [1.165, 1.54) is 4.90 Å². The molecule has 1 atom stereocenters. The van der Waals surface area contributed by atoms with Gasteiger partial charge in [0.1, 0.15) is 17.6 Å². The Morgan fingerprint density at radius 3 is 2.80 bits per heavy atom. The van der Waals surface area contributed by atoms with E-state index in [1.807, 2.05) is 25.1 Å². The van der Waals surface area contributed by atoms with Crippen molar-refractivity contribution >= 4 is 22.0 Å². The van der Waals surface area contributed by atoms with Crippen LogP contribution in [-0.4, -0.2) is 30.9 Å². The third kappa shape index (κ3) is 2.65. The highest BCUT2D eigenvalue weighted by molar-refractivity contribution is 9.10. The van der Waals surface area contributed by atoms with Gasteiger partial charge in [-0.1, -0.05) is 15.9 Å². The summed E-state index contributed by atoms with van der Waals surface area (Å²) >= 11 is 3.59. The number of hydrogen-bond donors (Lipinski definition) is 2. The molecule has 0 spiro atoms. The molecule has 0 saturated carbocycles. The van der Waals surface area contributed by atoms with Crippen LogP contribution in [0.3, 0.4) is 0 Å². The molecule has 20 heavy (non-hydrogen) atoms. The first kappa shape index (κ1) is 14.1. The molecule has 3 nitrogen and oxygen atoms in total. The highest BCUT2D eigenvalue weighted by Crippen LogP contribution is 2.28. The van der Waals surface area contributed by atoms with Gasteiger partial charge in [-0.25, -0.2) is 0 Å². The Kier molecular flexibility index (Phi) is 4.15. The van der Waals surface area contributed by atoms with Gasteiger partial charge in [-0.3, -0.25) is 0 Å². The summed E-state index contributed by atoms with van der Waals surface area (Å²) in [6, 6.07) is 6.01. The van der Waals surface area contributed by atoms with Gasteiger partial charge in [-0.05, 0) is 30.7 Å². The van der Waals surface area contributed by atoms with Gasteiger partial charge in [0.2, 0.25) is 0 Å². The van der Waals surface area contributed by atoms with E-state index in [1.54, 1.807) is 0 Å². The van der Waals surface area contributed by atoms with Crippen LogP contribution >= 0.6 is 15.9 Å². The summed E-state index contributed by atoms with van der Waals surface area (Å²) in [5.74, 6) is 1.33. The fourth-order valence-electron chi connectivity index (χ4n) is 3.30. The van der Waals surface area contributed by atoms with E-state index in [0.717, 1.165) is 47.4 Å². The summed E-state index contributed by atoms with van der Waals surface area (Å²) in [5.41, 5.74) is 2.23. The number of quaternary nitrogens is 1. The number of nitrogens with one attached hydrogen (secondary N) is 1. The number of fused-ring (bicyclic) bond motifs is 3. The van der Waals surface area contributed by atoms with Crippen molar-refractivity contribution in [2.45, 2.75) is 25.9 Å². The Morgan fingerprint density at radius 1 is 1.40 bits per heavy atom. The van der Waals surface area contributed by atoms with Gasteiger partial charge in [-0.2, -0.15) is 0 Å². The number of hydrogen-bond acceptors (Lipinski definition) is 2. The molecule has 1 aromatic carbocycles. The zero-order chi connectivity index (χ0) is 14.1. The monoisotopic (exact) mass is 338 g/mol. The van der Waals surface area contributed by atoms with E-state index in [4.69, 9.17) is 4.74 Å². The van der Waals surface area contributed by atoms with Crippen LogP contribution in [0.2, 0.25) is 0 Å². The highest BCUT2D eigenvalue weighted by atomic mass is 79.9. The SMILES string of the molecule is CCOc1ccc(Br)c(/C=C2/[C@H](O)C3CC[NH+]2CC3)c1. The molecule has 2 bridgehead atoms. The molecule has 0 amide bonds. The maximum atomic E-state index is 10.4. The van der Waals surface area contributed by atoms with Gasteiger partial charge in [0.15, 0.2) is 0 Å². The van der Waals surface area contributed by atoms with Crippen LogP contribution in [0.25, 0.3) is 6.08 Å². The maximum absolute atomic E-state index is 10.4. The van der Waals surface area contributed by atoms with Crippen LogP contribution in [0.15, 0.2) is 28.4 Å². The van der Waals surface area contributed by atoms with Crippen molar-refractivity contribution in [2.75, 3.05) is 19.7 Å².